The first-order valence-corrected chi connectivity index (χ1v) is 8.13. The standard InChI is InChI=1S/C17H28F2N4.HI/c1-5-7-11-21-17(20-6-2)22-12-15(23(3)4)16-13(18)9-8-10-14(16)19;/h8-10,15H,5-7,11-12H2,1-4H3,(H2,20,21,22);1H. The Bertz CT molecular complexity index is 489. The Morgan fingerprint density at radius 3 is 2.29 bits per heavy atom. The van der Waals surface area contributed by atoms with E-state index in [1.54, 1.807) is 19.0 Å². The number of guanidine groups is 1. The fourth-order valence-corrected chi connectivity index (χ4v) is 2.24. The maximum atomic E-state index is 14.0. The number of likely N-dealkylation sites (N-methyl/N-ethyl adjacent to an activating group) is 1. The molecule has 1 rings (SSSR count). The smallest absolute Gasteiger partial charge is 0.191 e. The van der Waals surface area contributed by atoms with Gasteiger partial charge in [-0.3, -0.25) is 4.99 Å². The van der Waals surface area contributed by atoms with Gasteiger partial charge in [-0.1, -0.05) is 19.4 Å². The van der Waals surface area contributed by atoms with Crippen molar-refractivity contribution in [3.8, 4) is 0 Å². The van der Waals surface area contributed by atoms with Gasteiger partial charge in [-0.15, -0.1) is 24.0 Å². The molecule has 0 fully saturated rings. The van der Waals surface area contributed by atoms with Crippen molar-refractivity contribution in [2.45, 2.75) is 32.7 Å². The molecule has 0 saturated carbocycles. The van der Waals surface area contributed by atoms with E-state index in [-0.39, 0.29) is 36.1 Å². The van der Waals surface area contributed by atoms with Gasteiger partial charge in [0.1, 0.15) is 11.6 Å². The third kappa shape index (κ3) is 7.29. The van der Waals surface area contributed by atoms with Gasteiger partial charge in [0.15, 0.2) is 5.96 Å². The first-order valence-electron chi connectivity index (χ1n) is 8.13. The zero-order chi connectivity index (χ0) is 17.2. The quantitative estimate of drug-likeness (QED) is 0.273. The SMILES string of the molecule is CCCCNC(=NCC(c1c(F)cccc1F)N(C)C)NCC.I. The van der Waals surface area contributed by atoms with Gasteiger partial charge in [0.2, 0.25) is 0 Å². The zero-order valence-corrected chi connectivity index (χ0v) is 17.2. The van der Waals surface area contributed by atoms with Crippen LogP contribution in [0.15, 0.2) is 23.2 Å². The summed E-state index contributed by atoms with van der Waals surface area (Å²) in [5, 5.41) is 6.38. The third-order valence-electron chi connectivity index (χ3n) is 3.55. The lowest BCUT2D eigenvalue weighted by molar-refractivity contribution is 0.290. The molecule has 1 aromatic carbocycles. The minimum atomic E-state index is -0.539. The van der Waals surface area contributed by atoms with Crippen molar-refractivity contribution >= 4 is 29.9 Å². The molecule has 0 aliphatic heterocycles. The van der Waals surface area contributed by atoms with E-state index in [1.807, 2.05) is 6.92 Å². The second-order valence-corrected chi connectivity index (χ2v) is 5.61. The van der Waals surface area contributed by atoms with Crippen LogP contribution in [0.25, 0.3) is 0 Å². The van der Waals surface area contributed by atoms with E-state index in [0.29, 0.717) is 5.96 Å². The maximum absolute atomic E-state index is 14.0. The van der Waals surface area contributed by atoms with E-state index in [4.69, 9.17) is 0 Å². The molecule has 0 spiro atoms. The maximum Gasteiger partial charge on any atom is 0.191 e. The number of nitrogens with one attached hydrogen (secondary N) is 2. The highest BCUT2D eigenvalue weighted by atomic mass is 127. The summed E-state index contributed by atoms with van der Waals surface area (Å²) in [5.41, 5.74) is 0.0608. The molecule has 4 nitrogen and oxygen atoms in total. The summed E-state index contributed by atoms with van der Waals surface area (Å²) in [4.78, 5) is 6.26. The molecule has 0 saturated heterocycles. The summed E-state index contributed by atoms with van der Waals surface area (Å²) >= 11 is 0. The lowest BCUT2D eigenvalue weighted by Gasteiger charge is -2.24. The molecule has 1 aromatic rings. The van der Waals surface area contributed by atoms with E-state index < -0.39 is 17.7 Å². The van der Waals surface area contributed by atoms with Gasteiger partial charge in [-0.2, -0.15) is 0 Å². The Morgan fingerprint density at radius 2 is 1.79 bits per heavy atom. The number of unbranched alkanes of at least 4 members (excludes halogenated alkanes) is 1. The molecule has 0 aliphatic rings. The molecule has 1 atom stereocenters. The predicted octanol–water partition coefficient (Wildman–Crippen LogP) is 3.54. The van der Waals surface area contributed by atoms with E-state index in [9.17, 15) is 8.78 Å². The average molecular weight is 454 g/mol. The first kappa shape index (κ1) is 23.0. The summed E-state index contributed by atoms with van der Waals surface area (Å²) in [6, 6.07) is 3.48. The number of nitrogens with zero attached hydrogens (tertiary/aromatic N) is 2. The van der Waals surface area contributed by atoms with Crippen LogP contribution in [0.4, 0.5) is 8.78 Å². The van der Waals surface area contributed by atoms with E-state index in [2.05, 4.69) is 22.5 Å². The van der Waals surface area contributed by atoms with E-state index in [1.165, 1.54) is 18.2 Å². The van der Waals surface area contributed by atoms with Crippen LogP contribution < -0.4 is 10.6 Å². The fraction of sp³-hybridized carbons (Fsp3) is 0.588. The summed E-state index contributed by atoms with van der Waals surface area (Å²) in [7, 11) is 3.59. The molecule has 0 radical (unpaired) electrons. The molecule has 138 valence electrons. The zero-order valence-electron chi connectivity index (χ0n) is 14.9. The third-order valence-corrected chi connectivity index (χ3v) is 3.55. The van der Waals surface area contributed by atoms with Crippen molar-refractivity contribution in [3.05, 3.63) is 35.4 Å². The van der Waals surface area contributed by atoms with Gasteiger partial charge >= 0.3 is 0 Å². The Kier molecular flexibility index (Phi) is 11.9. The first-order chi connectivity index (χ1) is 11.0. The van der Waals surface area contributed by atoms with Gasteiger partial charge in [0, 0.05) is 18.7 Å². The molecule has 2 N–H and O–H groups in total. The van der Waals surface area contributed by atoms with Crippen molar-refractivity contribution in [1.82, 2.24) is 15.5 Å². The van der Waals surface area contributed by atoms with Crippen LogP contribution >= 0.6 is 24.0 Å². The van der Waals surface area contributed by atoms with Crippen LogP contribution in [-0.2, 0) is 0 Å². The highest BCUT2D eigenvalue weighted by Gasteiger charge is 2.22. The van der Waals surface area contributed by atoms with Crippen molar-refractivity contribution in [2.24, 2.45) is 4.99 Å². The number of hydrogen-bond acceptors (Lipinski definition) is 2. The van der Waals surface area contributed by atoms with Crippen LogP contribution in [0, 0.1) is 11.6 Å². The number of rotatable bonds is 8. The van der Waals surface area contributed by atoms with Crippen molar-refractivity contribution in [3.63, 3.8) is 0 Å². The lowest BCUT2D eigenvalue weighted by Crippen LogP contribution is -2.38. The van der Waals surface area contributed by atoms with Crippen molar-refractivity contribution in [1.29, 1.82) is 0 Å². The largest absolute Gasteiger partial charge is 0.357 e. The van der Waals surface area contributed by atoms with Crippen LogP contribution in [0.3, 0.4) is 0 Å². The van der Waals surface area contributed by atoms with Gasteiger partial charge < -0.3 is 15.5 Å². The number of halogens is 3. The van der Waals surface area contributed by atoms with Crippen LogP contribution in [-0.4, -0.2) is 44.6 Å². The van der Waals surface area contributed by atoms with Crippen LogP contribution in [0.5, 0.6) is 0 Å². The monoisotopic (exact) mass is 454 g/mol. The molecule has 0 aliphatic carbocycles. The highest BCUT2D eigenvalue weighted by molar-refractivity contribution is 14.0. The molecule has 0 heterocycles. The Hall–Kier alpha value is -0.960. The van der Waals surface area contributed by atoms with Crippen LogP contribution in [0.2, 0.25) is 0 Å². The van der Waals surface area contributed by atoms with Gasteiger partial charge in [0.05, 0.1) is 12.6 Å². The number of aliphatic imine (C=N–C) groups is 1. The topological polar surface area (TPSA) is 39.7 Å². The van der Waals surface area contributed by atoms with Gasteiger partial charge in [0.25, 0.3) is 0 Å². The molecular weight excluding hydrogens is 425 g/mol. The van der Waals surface area contributed by atoms with Gasteiger partial charge in [-0.05, 0) is 39.6 Å². The van der Waals surface area contributed by atoms with Crippen LogP contribution in [0.1, 0.15) is 38.3 Å². The molecular formula is C17H29F2IN4. The summed E-state index contributed by atoms with van der Waals surface area (Å²) in [6.07, 6.45) is 2.14. The summed E-state index contributed by atoms with van der Waals surface area (Å²) in [6.45, 7) is 5.93. The van der Waals surface area contributed by atoms with Gasteiger partial charge in [-0.25, -0.2) is 8.78 Å². The molecule has 1 unspecified atom stereocenters. The summed E-state index contributed by atoms with van der Waals surface area (Å²) < 4.78 is 28.1. The Balaban J connectivity index is 0.00000529. The molecule has 0 aromatic heterocycles. The molecule has 0 bridgehead atoms. The number of hydrogen-bond donors (Lipinski definition) is 2. The molecule has 0 amide bonds. The second-order valence-electron chi connectivity index (χ2n) is 5.61. The lowest BCUT2D eigenvalue weighted by atomic mass is 10.0. The Labute approximate surface area is 161 Å². The minimum absolute atomic E-state index is 0. The normalized spacial score (nSPS) is 12.7. The van der Waals surface area contributed by atoms with Crippen molar-refractivity contribution < 1.29 is 8.78 Å². The van der Waals surface area contributed by atoms with E-state index >= 15 is 0 Å². The van der Waals surface area contributed by atoms with E-state index in [0.717, 1.165) is 25.9 Å². The predicted molar refractivity (Wildman–Crippen MR) is 107 cm³/mol. The highest BCUT2D eigenvalue weighted by Crippen LogP contribution is 2.24. The number of benzene rings is 1. The Morgan fingerprint density at radius 1 is 1.17 bits per heavy atom. The minimum Gasteiger partial charge on any atom is -0.357 e. The average Bonchev–Trinajstić information content (AvgIpc) is 2.49. The summed E-state index contributed by atoms with van der Waals surface area (Å²) in [5.74, 6) is -0.407. The molecule has 24 heavy (non-hydrogen) atoms. The van der Waals surface area contributed by atoms with Crippen molar-refractivity contribution in [2.75, 3.05) is 33.7 Å². The fourth-order valence-electron chi connectivity index (χ4n) is 2.24. The second kappa shape index (κ2) is 12.4. The molecule has 7 heteroatoms.